The van der Waals surface area contributed by atoms with Gasteiger partial charge in [-0.3, -0.25) is 4.98 Å². The summed E-state index contributed by atoms with van der Waals surface area (Å²) in [5.41, 5.74) is 2.13. The molecule has 0 bridgehead atoms. The number of hydrogen-bond acceptors (Lipinski definition) is 2. The third-order valence-electron chi connectivity index (χ3n) is 2.62. The lowest BCUT2D eigenvalue weighted by Gasteiger charge is -2.23. The molecule has 0 aromatic carbocycles. The first-order valence-corrected chi connectivity index (χ1v) is 4.95. The van der Waals surface area contributed by atoms with Crippen LogP contribution in [0.4, 0.5) is 0 Å². The predicted molar refractivity (Wildman–Crippen MR) is 52.0 cm³/mol. The number of aliphatic hydroxyl groups excluding tert-OH is 1. The van der Waals surface area contributed by atoms with Crippen molar-refractivity contribution in [2.24, 2.45) is 0 Å². The van der Waals surface area contributed by atoms with E-state index >= 15 is 0 Å². The van der Waals surface area contributed by atoms with Crippen molar-refractivity contribution in [2.45, 2.75) is 25.2 Å². The minimum absolute atomic E-state index is 0.181. The van der Waals surface area contributed by atoms with Gasteiger partial charge in [-0.1, -0.05) is 11.6 Å². The van der Waals surface area contributed by atoms with Crippen molar-refractivity contribution in [3.05, 3.63) is 28.5 Å². The topological polar surface area (TPSA) is 33.1 Å². The number of halogens is 1. The molecule has 0 saturated heterocycles. The highest BCUT2D eigenvalue weighted by Crippen LogP contribution is 2.33. The van der Waals surface area contributed by atoms with Gasteiger partial charge in [-0.15, -0.1) is 0 Å². The van der Waals surface area contributed by atoms with E-state index < -0.39 is 0 Å². The molecule has 1 aromatic heterocycles. The quantitative estimate of drug-likeness (QED) is 0.749. The number of aromatic nitrogens is 1. The fraction of sp³-hybridized carbons (Fsp3) is 0.500. The van der Waals surface area contributed by atoms with Gasteiger partial charge in [0, 0.05) is 17.1 Å². The maximum absolute atomic E-state index is 9.15. The Bertz CT molecular complexity index is 314. The van der Waals surface area contributed by atoms with Crippen molar-refractivity contribution >= 4 is 11.6 Å². The molecule has 70 valence electrons. The summed E-state index contributed by atoms with van der Waals surface area (Å²) >= 11 is 6.04. The fourth-order valence-corrected chi connectivity index (χ4v) is 2.17. The predicted octanol–water partition coefficient (Wildman–Crippen LogP) is 2.15. The molecule has 1 atom stereocenters. The van der Waals surface area contributed by atoms with E-state index in [1.807, 2.05) is 6.07 Å². The molecule has 0 fully saturated rings. The molecule has 1 aliphatic rings. The lowest BCUT2D eigenvalue weighted by Crippen LogP contribution is -2.15. The van der Waals surface area contributed by atoms with Crippen LogP contribution < -0.4 is 0 Å². The van der Waals surface area contributed by atoms with Crippen molar-refractivity contribution in [3.63, 3.8) is 0 Å². The number of hydrogen-bond donors (Lipinski definition) is 1. The van der Waals surface area contributed by atoms with E-state index in [1.54, 1.807) is 6.20 Å². The minimum atomic E-state index is 0.181. The zero-order valence-corrected chi connectivity index (χ0v) is 8.09. The lowest BCUT2D eigenvalue weighted by atomic mass is 9.87. The number of aliphatic hydroxyl groups is 1. The number of pyridine rings is 1. The van der Waals surface area contributed by atoms with Crippen molar-refractivity contribution in [3.8, 4) is 0 Å². The van der Waals surface area contributed by atoms with Crippen LogP contribution in [0.25, 0.3) is 0 Å². The second kappa shape index (κ2) is 3.64. The van der Waals surface area contributed by atoms with Gasteiger partial charge in [0.2, 0.25) is 0 Å². The zero-order valence-electron chi connectivity index (χ0n) is 7.33. The second-order valence-electron chi connectivity index (χ2n) is 3.43. The molecule has 1 aromatic rings. The van der Waals surface area contributed by atoms with Crippen LogP contribution in [0.2, 0.25) is 5.02 Å². The summed E-state index contributed by atoms with van der Waals surface area (Å²) in [5.74, 6) is 0.197. The minimum Gasteiger partial charge on any atom is -0.396 e. The normalized spacial score (nSPS) is 21.2. The van der Waals surface area contributed by atoms with E-state index in [0.29, 0.717) is 0 Å². The SMILES string of the molecule is OCC1CCCc2c(Cl)ccnc21. The van der Waals surface area contributed by atoms with E-state index in [9.17, 15) is 0 Å². The molecule has 1 aliphatic carbocycles. The number of fused-ring (bicyclic) bond motifs is 1. The molecular formula is C10H12ClNO. The summed E-state index contributed by atoms with van der Waals surface area (Å²) in [4.78, 5) is 4.29. The largest absolute Gasteiger partial charge is 0.396 e. The van der Waals surface area contributed by atoms with E-state index in [1.165, 1.54) is 0 Å². The first-order valence-electron chi connectivity index (χ1n) is 4.57. The maximum Gasteiger partial charge on any atom is 0.0514 e. The van der Waals surface area contributed by atoms with Gasteiger partial charge in [-0.2, -0.15) is 0 Å². The molecule has 0 radical (unpaired) electrons. The zero-order chi connectivity index (χ0) is 9.26. The van der Waals surface area contributed by atoms with E-state index in [4.69, 9.17) is 16.7 Å². The van der Waals surface area contributed by atoms with E-state index in [-0.39, 0.29) is 12.5 Å². The van der Waals surface area contributed by atoms with Crippen LogP contribution in [0.1, 0.15) is 30.0 Å². The second-order valence-corrected chi connectivity index (χ2v) is 3.84. The smallest absolute Gasteiger partial charge is 0.0514 e. The average molecular weight is 198 g/mol. The standard InChI is InChI=1S/C10H12ClNO/c11-9-4-5-12-10-7(6-13)2-1-3-8(9)10/h4-5,7,13H,1-3,6H2. The van der Waals surface area contributed by atoms with E-state index in [0.717, 1.165) is 35.5 Å². The molecule has 0 saturated carbocycles. The van der Waals surface area contributed by atoms with Gasteiger partial charge in [0.05, 0.1) is 12.3 Å². The molecule has 0 amide bonds. The third-order valence-corrected chi connectivity index (χ3v) is 2.97. The molecule has 1 unspecified atom stereocenters. The molecule has 0 aliphatic heterocycles. The van der Waals surface area contributed by atoms with Gasteiger partial charge < -0.3 is 5.11 Å². The number of nitrogens with zero attached hydrogens (tertiary/aromatic N) is 1. The highest BCUT2D eigenvalue weighted by atomic mass is 35.5. The lowest BCUT2D eigenvalue weighted by molar-refractivity contribution is 0.250. The van der Waals surface area contributed by atoms with Gasteiger partial charge in [0.1, 0.15) is 0 Å². The van der Waals surface area contributed by atoms with Crippen LogP contribution >= 0.6 is 11.6 Å². The van der Waals surface area contributed by atoms with Crippen LogP contribution in [0.15, 0.2) is 12.3 Å². The summed E-state index contributed by atoms with van der Waals surface area (Å²) in [7, 11) is 0. The monoisotopic (exact) mass is 197 g/mol. The van der Waals surface area contributed by atoms with Crippen LogP contribution in [0.3, 0.4) is 0 Å². The van der Waals surface area contributed by atoms with Crippen molar-refractivity contribution in [2.75, 3.05) is 6.61 Å². The molecule has 2 rings (SSSR count). The Hall–Kier alpha value is -0.600. The molecule has 1 N–H and O–H groups in total. The third kappa shape index (κ3) is 1.56. The Balaban J connectivity index is 2.45. The van der Waals surface area contributed by atoms with Gasteiger partial charge >= 0.3 is 0 Å². The Kier molecular flexibility index (Phi) is 2.51. The van der Waals surface area contributed by atoms with Gasteiger partial charge in [-0.05, 0) is 30.9 Å². The highest BCUT2D eigenvalue weighted by molar-refractivity contribution is 6.31. The molecule has 3 heteroatoms. The van der Waals surface area contributed by atoms with Crippen LogP contribution in [-0.2, 0) is 6.42 Å². The number of rotatable bonds is 1. The first kappa shape index (κ1) is 8.97. The summed E-state index contributed by atoms with van der Waals surface area (Å²) in [6.07, 6.45) is 4.84. The van der Waals surface area contributed by atoms with Gasteiger partial charge in [0.25, 0.3) is 0 Å². The molecule has 0 spiro atoms. The van der Waals surface area contributed by atoms with Crippen LogP contribution in [0.5, 0.6) is 0 Å². The van der Waals surface area contributed by atoms with E-state index in [2.05, 4.69) is 4.98 Å². The highest BCUT2D eigenvalue weighted by Gasteiger charge is 2.22. The van der Waals surface area contributed by atoms with Gasteiger partial charge in [-0.25, -0.2) is 0 Å². The Morgan fingerprint density at radius 3 is 3.23 bits per heavy atom. The Labute approximate surface area is 82.6 Å². The fourth-order valence-electron chi connectivity index (χ4n) is 1.92. The van der Waals surface area contributed by atoms with Crippen LogP contribution in [0, 0.1) is 0 Å². The maximum atomic E-state index is 9.15. The van der Waals surface area contributed by atoms with Crippen molar-refractivity contribution < 1.29 is 5.11 Å². The average Bonchev–Trinajstić information content (AvgIpc) is 2.18. The Morgan fingerprint density at radius 2 is 2.46 bits per heavy atom. The Morgan fingerprint density at radius 1 is 1.62 bits per heavy atom. The molecular weight excluding hydrogens is 186 g/mol. The van der Waals surface area contributed by atoms with Crippen LogP contribution in [-0.4, -0.2) is 16.7 Å². The summed E-state index contributed by atoms with van der Waals surface area (Å²) in [5, 5.41) is 9.94. The molecule has 13 heavy (non-hydrogen) atoms. The van der Waals surface area contributed by atoms with Crippen molar-refractivity contribution in [1.29, 1.82) is 0 Å². The summed E-state index contributed by atoms with van der Waals surface area (Å²) in [6, 6.07) is 1.82. The molecule has 1 heterocycles. The van der Waals surface area contributed by atoms with Crippen molar-refractivity contribution in [1.82, 2.24) is 4.98 Å². The summed E-state index contributed by atoms with van der Waals surface area (Å²) < 4.78 is 0. The molecule has 2 nitrogen and oxygen atoms in total. The summed E-state index contributed by atoms with van der Waals surface area (Å²) in [6.45, 7) is 0.181. The van der Waals surface area contributed by atoms with Gasteiger partial charge in [0.15, 0.2) is 0 Å². The first-order chi connectivity index (χ1) is 6.33.